The van der Waals surface area contributed by atoms with E-state index in [4.69, 9.17) is 4.98 Å². The SMILES string of the molecule is CN1CCCC1c1cccc(N2CCCC2=O)n1. The smallest absolute Gasteiger partial charge is 0.228 e. The van der Waals surface area contributed by atoms with Crippen molar-refractivity contribution in [3.8, 4) is 0 Å². The summed E-state index contributed by atoms with van der Waals surface area (Å²) >= 11 is 0. The molecule has 4 heteroatoms. The fourth-order valence-corrected chi connectivity index (χ4v) is 2.95. The number of carbonyl (C=O) groups excluding carboxylic acids is 1. The summed E-state index contributed by atoms with van der Waals surface area (Å²) < 4.78 is 0. The minimum atomic E-state index is 0.208. The Hall–Kier alpha value is -1.42. The lowest BCUT2D eigenvalue weighted by molar-refractivity contribution is -0.117. The quantitative estimate of drug-likeness (QED) is 0.799. The molecule has 2 aliphatic heterocycles. The van der Waals surface area contributed by atoms with Gasteiger partial charge in [0.2, 0.25) is 5.91 Å². The van der Waals surface area contributed by atoms with Crippen molar-refractivity contribution in [2.24, 2.45) is 0 Å². The molecule has 1 unspecified atom stereocenters. The molecule has 2 saturated heterocycles. The highest BCUT2D eigenvalue weighted by Gasteiger charge is 2.26. The van der Waals surface area contributed by atoms with Crippen molar-refractivity contribution in [3.05, 3.63) is 23.9 Å². The zero-order valence-corrected chi connectivity index (χ0v) is 10.8. The molecule has 2 aliphatic rings. The predicted octanol–water partition coefficient (Wildman–Crippen LogP) is 1.98. The summed E-state index contributed by atoms with van der Waals surface area (Å²) in [7, 11) is 2.15. The van der Waals surface area contributed by atoms with Crippen molar-refractivity contribution in [2.45, 2.75) is 31.7 Å². The fraction of sp³-hybridized carbons (Fsp3) is 0.571. The van der Waals surface area contributed by atoms with Crippen molar-refractivity contribution < 1.29 is 4.79 Å². The molecule has 0 saturated carbocycles. The molecule has 0 bridgehead atoms. The van der Waals surface area contributed by atoms with Crippen LogP contribution in [0.25, 0.3) is 0 Å². The number of rotatable bonds is 2. The molecule has 0 aromatic carbocycles. The van der Waals surface area contributed by atoms with Crippen LogP contribution < -0.4 is 4.90 Å². The molecule has 0 spiro atoms. The number of nitrogens with zero attached hydrogens (tertiary/aromatic N) is 3. The van der Waals surface area contributed by atoms with E-state index < -0.39 is 0 Å². The topological polar surface area (TPSA) is 36.4 Å². The Labute approximate surface area is 108 Å². The summed E-state index contributed by atoms with van der Waals surface area (Å²) in [6, 6.07) is 6.47. The lowest BCUT2D eigenvalue weighted by Crippen LogP contribution is -2.26. The van der Waals surface area contributed by atoms with Gasteiger partial charge in [0.15, 0.2) is 0 Å². The third-order valence-corrected chi connectivity index (χ3v) is 3.97. The first-order valence-electron chi connectivity index (χ1n) is 6.73. The number of carbonyl (C=O) groups is 1. The van der Waals surface area contributed by atoms with Gasteiger partial charge in [0.05, 0.1) is 11.7 Å². The van der Waals surface area contributed by atoms with Gasteiger partial charge < -0.3 is 0 Å². The van der Waals surface area contributed by atoms with Gasteiger partial charge in [0.1, 0.15) is 5.82 Å². The average molecular weight is 245 g/mol. The molecule has 18 heavy (non-hydrogen) atoms. The maximum atomic E-state index is 11.7. The monoisotopic (exact) mass is 245 g/mol. The normalized spacial score (nSPS) is 25.1. The van der Waals surface area contributed by atoms with Crippen LogP contribution in [0, 0.1) is 0 Å². The summed E-state index contributed by atoms with van der Waals surface area (Å²) in [6.45, 7) is 1.95. The molecule has 3 heterocycles. The number of likely N-dealkylation sites (tertiary alicyclic amines) is 1. The molecule has 1 amide bonds. The van der Waals surface area contributed by atoms with Crippen molar-refractivity contribution in [1.82, 2.24) is 9.88 Å². The third kappa shape index (κ3) is 2.01. The predicted molar refractivity (Wildman–Crippen MR) is 70.4 cm³/mol. The second-order valence-corrected chi connectivity index (χ2v) is 5.21. The van der Waals surface area contributed by atoms with Gasteiger partial charge >= 0.3 is 0 Å². The average Bonchev–Trinajstić information content (AvgIpc) is 2.98. The number of hydrogen-bond acceptors (Lipinski definition) is 3. The summed E-state index contributed by atoms with van der Waals surface area (Å²) in [4.78, 5) is 20.6. The van der Waals surface area contributed by atoms with Crippen LogP contribution in [-0.2, 0) is 4.79 Å². The highest BCUT2D eigenvalue weighted by atomic mass is 16.2. The van der Waals surface area contributed by atoms with Gasteiger partial charge in [-0.05, 0) is 45.0 Å². The third-order valence-electron chi connectivity index (χ3n) is 3.97. The highest BCUT2D eigenvalue weighted by molar-refractivity contribution is 5.94. The van der Waals surface area contributed by atoms with E-state index in [0.29, 0.717) is 12.5 Å². The van der Waals surface area contributed by atoms with Gasteiger partial charge in [-0.1, -0.05) is 6.07 Å². The van der Waals surface area contributed by atoms with Crippen molar-refractivity contribution in [1.29, 1.82) is 0 Å². The van der Waals surface area contributed by atoms with Crippen LogP contribution in [0.15, 0.2) is 18.2 Å². The van der Waals surface area contributed by atoms with Gasteiger partial charge in [0, 0.05) is 13.0 Å². The Morgan fingerprint density at radius 3 is 2.83 bits per heavy atom. The Bertz CT molecular complexity index is 460. The van der Waals surface area contributed by atoms with Crippen molar-refractivity contribution in [2.75, 3.05) is 25.0 Å². The van der Waals surface area contributed by atoms with E-state index >= 15 is 0 Å². The Balaban J connectivity index is 1.87. The van der Waals surface area contributed by atoms with Crippen molar-refractivity contribution in [3.63, 3.8) is 0 Å². The van der Waals surface area contributed by atoms with Crippen LogP contribution in [0.4, 0.5) is 5.82 Å². The Morgan fingerprint density at radius 1 is 1.28 bits per heavy atom. The molecular weight excluding hydrogens is 226 g/mol. The summed E-state index contributed by atoms with van der Waals surface area (Å²) in [5.41, 5.74) is 1.10. The highest BCUT2D eigenvalue weighted by Crippen LogP contribution is 2.30. The Kier molecular flexibility index (Phi) is 3.04. The first-order chi connectivity index (χ1) is 8.75. The molecule has 0 aliphatic carbocycles. The maximum Gasteiger partial charge on any atom is 0.228 e. The number of aromatic nitrogens is 1. The number of pyridine rings is 1. The second-order valence-electron chi connectivity index (χ2n) is 5.21. The van der Waals surface area contributed by atoms with E-state index in [9.17, 15) is 4.79 Å². The van der Waals surface area contributed by atoms with E-state index in [1.54, 1.807) is 0 Å². The molecule has 0 radical (unpaired) electrons. The van der Waals surface area contributed by atoms with Crippen LogP contribution in [-0.4, -0.2) is 35.9 Å². The minimum Gasteiger partial charge on any atom is -0.298 e. The van der Waals surface area contributed by atoms with Crippen LogP contribution in [0.5, 0.6) is 0 Å². The number of hydrogen-bond donors (Lipinski definition) is 0. The van der Waals surface area contributed by atoms with Crippen LogP contribution in [0.3, 0.4) is 0 Å². The molecule has 0 N–H and O–H groups in total. The van der Waals surface area contributed by atoms with E-state index in [1.165, 1.54) is 12.8 Å². The molecule has 1 aromatic rings. The molecule has 1 aromatic heterocycles. The van der Waals surface area contributed by atoms with E-state index in [0.717, 1.165) is 31.0 Å². The van der Waals surface area contributed by atoms with Gasteiger partial charge in [-0.2, -0.15) is 0 Å². The number of anilines is 1. The van der Waals surface area contributed by atoms with E-state index in [1.807, 2.05) is 17.0 Å². The van der Waals surface area contributed by atoms with Gasteiger partial charge in [0.25, 0.3) is 0 Å². The van der Waals surface area contributed by atoms with Crippen LogP contribution in [0.2, 0.25) is 0 Å². The Morgan fingerprint density at radius 2 is 2.17 bits per heavy atom. The zero-order chi connectivity index (χ0) is 12.5. The molecule has 3 rings (SSSR count). The summed E-state index contributed by atoms with van der Waals surface area (Å²) in [5.74, 6) is 1.04. The standard InChI is InChI=1S/C14H19N3O/c1-16-9-3-6-12(16)11-5-2-7-13(15-11)17-10-4-8-14(17)18/h2,5,7,12H,3-4,6,8-10H2,1H3. The van der Waals surface area contributed by atoms with Gasteiger partial charge in [-0.25, -0.2) is 4.98 Å². The van der Waals surface area contributed by atoms with Gasteiger partial charge in [-0.3, -0.25) is 14.6 Å². The molecule has 2 fully saturated rings. The zero-order valence-electron chi connectivity index (χ0n) is 10.8. The number of amides is 1. The van der Waals surface area contributed by atoms with E-state index in [-0.39, 0.29) is 5.91 Å². The summed E-state index contributed by atoms with van der Waals surface area (Å²) in [5, 5.41) is 0. The first kappa shape index (κ1) is 11.7. The maximum absolute atomic E-state index is 11.7. The van der Waals surface area contributed by atoms with Crippen LogP contribution in [0.1, 0.15) is 37.4 Å². The lowest BCUT2D eigenvalue weighted by Gasteiger charge is -2.21. The molecular formula is C14H19N3O. The largest absolute Gasteiger partial charge is 0.298 e. The van der Waals surface area contributed by atoms with E-state index in [2.05, 4.69) is 18.0 Å². The fourth-order valence-electron chi connectivity index (χ4n) is 2.95. The molecule has 1 atom stereocenters. The second kappa shape index (κ2) is 4.69. The molecule has 96 valence electrons. The van der Waals surface area contributed by atoms with Crippen LogP contribution >= 0.6 is 0 Å². The first-order valence-corrected chi connectivity index (χ1v) is 6.73. The minimum absolute atomic E-state index is 0.208. The molecule has 4 nitrogen and oxygen atoms in total. The van der Waals surface area contributed by atoms with Gasteiger partial charge in [-0.15, -0.1) is 0 Å². The lowest BCUT2D eigenvalue weighted by atomic mass is 10.1. The van der Waals surface area contributed by atoms with Crippen molar-refractivity contribution >= 4 is 11.7 Å². The summed E-state index contributed by atoms with van der Waals surface area (Å²) in [6.07, 6.45) is 4.01.